The Bertz CT molecular complexity index is 1020. The van der Waals surface area contributed by atoms with Crippen molar-refractivity contribution in [3.05, 3.63) is 34.3 Å². The predicted molar refractivity (Wildman–Crippen MR) is 123 cm³/mol. The summed E-state index contributed by atoms with van der Waals surface area (Å²) in [4.78, 5) is 35.0. The molecule has 168 valence electrons. The Labute approximate surface area is 192 Å². The van der Waals surface area contributed by atoms with Crippen LogP contribution in [0.2, 0.25) is 0 Å². The molecule has 2 amide bonds. The molecule has 8 heteroatoms. The topological polar surface area (TPSA) is 72.0 Å². The van der Waals surface area contributed by atoms with Crippen molar-refractivity contribution in [1.29, 1.82) is 0 Å². The smallest absolute Gasteiger partial charge is 0.278 e. The molecule has 7 nitrogen and oxygen atoms in total. The molecule has 0 spiro atoms. The van der Waals surface area contributed by atoms with Gasteiger partial charge in [-0.05, 0) is 25.2 Å². The lowest BCUT2D eigenvalue weighted by molar-refractivity contribution is -0.131. The van der Waals surface area contributed by atoms with Gasteiger partial charge in [0.2, 0.25) is 5.91 Å². The second-order valence-corrected chi connectivity index (χ2v) is 8.91. The van der Waals surface area contributed by atoms with E-state index in [9.17, 15) is 9.59 Å². The maximum Gasteiger partial charge on any atom is 0.278 e. The predicted octanol–water partition coefficient (Wildman–Crippen LogP) is 3.72. The number of benzene rings is 1. The molecule has 0 N–H and O–H groups in total. The van der Waals surface area contributed by atoms with E-state index in [1.807, 2.05) is 4.90 Å². The van der Waals surface area contributed by atoms with E-state index in [0.717, 1.165) is 25.7 Å². The van der Waals surface area contributed by atoms with Crippen LogP contribution in [-0.2, 0) is 4.79 Å². The minimum Gasteiger partial charge on any atom is -0.497 e. The quantitative estimate of drug-likeness (QED) is 0.624. The van der Waals surface area contributed by atoms with Crippen LogP contribution in [0.4, 0.5) is 5.69 Å². The molecule has 1 aliphatic carbocycles. The van der Waals surface area contributed by atoms with E-state index >= 15 is 0 Å². The van der Waals surface area contributed by atoms with Gasteiger partial charge in [0.15, 0.2) is 5.01 Å². The first kappa shape index (κ1) is 22.2. The largest absolute Gasteiger partial charge is 0.497 e. The van der Waals surface area contributed by atoms with Gasteiger partial charge in [-0.2, -0.15) is 0 Å². The van der Waals surface area contributed by atoms with Gasteiger partial charge in [0.1, 0.15) is 23.2 Å². The number of amides is 2. The Morgan fingerprint density at radius 1 is 1.16 bits per heavy atom. The van der Waals surface area contributed by atoms with Gasteiger partial charge in [0.05, 0.1) is 19.9 Å². The van der Waals surface area contributed by atoms with E-state index in [4.69, 9.17) is 15.9 Å². The van der Waals surface area contributed by atoms with Crippen LogP contribution in [0.1, 0.15) is 54.0 Å². The molecule has 32 heavy (non-hydrogen) atoms. The fourth-order valence-corrected chi connectivity index (χ4v) is 5.21. The number of thiazole rings is 1. The van der Waals surface area contributed by atoms with E-state index in [-0.39, 0.29) is 23.6 Å². The van der Waals surface area contributed by atoms with Gasteiger partial charge in [-0.1, -0.05) is 19.3 Å². The lowest BCUT2D eigenvalue weighted by Crippen LogP contribution is -2.48. The fraction of sp³-hybridized carbons (Fsp3) is 0.458. The molecule has 1 aromatic carbocycles. The Balaban J connectivity index is 1.72. The number of anilines is 1. The van der Waals surface area contributed by atoms with Crippen molar-refractivity contribution in [3.63, 3.8) is 0 Å². The van der Waals surface area contributed by atoms with Crippen LogP contribution >= 0.6 is 11.3 Å². The van der Waals surface area contributed by atoms with Crippen LogP contribution in [0.5, 0.6) is 11.5 Å². The van der Waals surface area contributed by atoms with Gasteiger partial charge in [-0.15, -0.1) is 17.8 Å². The molecule has 4 rings (SSSR count). The number of aromatic nitrogens is 1. The van der Waals surface area contributed by atoms with E-state index < -0.39 is 6.04 Å². The van der Waals surface area contributed by atoms with Crippen molar-refractivity contribution in [2.24, 2.45) is 0 Å². The summed E-state index contributed by atoms with van der Waals surface area (Å²) in [6.45, 7) is 0.645. The van der Waals surface area contributed by atoms with Crippen LogP contribution in [0.3, 0.4) is 0 Å². The molecule has 1 saturated carbocycles. The first-order valence-electron chi connectivity index (χ1n) is 10.8. The van der Waals surface area contributed by atoms with Crippen molar-refractivity contribution < 1.29 is 19.1 Å². The number of carbonyl (C=O) groups is 2. The third-order valence-corrected chi connectivity index (χ3v) is 6.99. The first-order chi connectivity index (χ1) is 15.5. The standard InChI is InChI=1S/C24H27N3O4S/c1-4-22-25-20(15-32-22)23(28)27(17-12-18(30-2)14-19(13-17)31-3)21-10-11-26(24(21)29)16-8-6-5-7-9-16/h1,12-16,21H,5-11H2,2-3H3. The Kier molecular flexibility index (Phi) is 6.66. The molecular weight excluding hydrogens is 426 g/mol. The maximum absolute atomic E-state index is 13.6. The van der Waals surface area contributed by atoms with Crippen LogP contribution in [0.15, 0.2) is 23.6 Å². The van der Waals surface area contributed by atoms with Crippen molar-refractivity contribution in [2.45, 2.75) is 50.6 Å². The van der Waals surface area contributed by atoms with Gasteiger partial charge in [-0.3, -0.25) is 14.5 Å². The monoisotopic (exact) mass is 453 g/mol. The fourth-order valence-electron chi connectivity index (χ4n) is 4.61. The van der Waals surface area contributed by atoms with Crippen LogP contribution < -0.4 is 14.4 Å². The number of hydrogen-bond donors (Lipinski definition) is 0. The van der Waals surface area contributed by atoms with Gasteiger partial charge < -0.3 is 14.4 Å². The molecule has 1 aromatic heterocycles. The summed E-state index contributed by atoms with van der Waals surface area (Å²) in [5.41, 5.74) is 0.763. The highest BCUT2D eigenvalue weighted by Gasteiger charge is 2.42. The molecule has 1 unspecified atom stereocenters. The Morgan fingerprint density at radius 3 is 2.44 bits per heavy atom. The van der Waals surface area contributed by atoms with Gasteiger partial charge in [0, 0.05) is 36.2 Å². The number of nitrogens with zero attached hydrogens (tertiary/aromatic N) is 3. The van der Waals surface area contributed by atoms with Crippen molar-refractivity contribution >= 4 is 28.8 Å². The summed E-state index contributed by atoms with van der Waals surface area (Å²) >= 11 is 1.23. The second kappa shape index (κ2) is 9.61. The average Bonchev–Trinajstić information content (AvgIpc) is 3.47. The average molecular weight is 454 g/mol. The van der Waals surface area contributed by atoms with Crippen LogP contribution in [-0.4, -0.2) is 54.5 Å². The van der Waals surface area contributed by atoms with Gasteiger partial charge in [-0.25, -0.2) is 4.98 Å². The molecule has 0 radical (unpaired) electrons. The molecule has 0 bridgehead atoms. The van der Waals surface area contributed by atoms with Crippen molar-refractivity contribution in [1.82, 2.24) is 9.88 Å². The van der Waals surface area contributed by atoms with E-state index in [1.165, 1.54) is 22.7 Å². The molecule has 1 aliphatic heterocycles. The summed E-state index contributed by atoms with van der Waals surface area (Å²) < 4.78 is 10.8. The molecule has 2 aromatic rings. The number of rotatable bonds is 6. The Morgan fingerprint density at radius 2 is 1.84 bits per heavy atom. The lowest BCUT2D eigenvalue weighted by atomic mass is 9.94. The minimum atomic E-state index is -0.614. The van der Waals surface area contributed by atoms with Gasteiger partial charge in [0.25, 0.3) is 5.91 Å². The zero-order valence-corrected chi connectivity index (χ0v) is 19.2. The van der Waals surface area contributed by atoms with Crippen molar-refractivity contribution in [3.8, 4) is 23.8 Å². The highest BCUT2D eigenvalue weighted by molar-refractivity contribution is 7.10. The molecule has 2 aliphatic rings. The zero-order valence-electron chi connectivity index (χ0n) is 18.4. The minimum absolute atomic E-state index is 0.0144. The molecule has 2 fully saturated rings. The molecule has 1 atom stereocenters. The van der Waals surface area contributed by atoms with Crippen LogP contribution in [0, 0.1) is 12.3 Å². The Hall–Kier alpha value is -3.05. The lowest BCUT2D eigenvalue weighted by Gasteiger charge is -2.33. The first-order valence-corrected chi connectivity index (χ1v) is 11.7. The summed E-state index contributed by atoms with van der Waals surface area (Å²) in [5, 5.41) is 2.07. The number of hydrogen-bond acceptors (Lipinski definition) is 6. The molecule has 2 heterocycles. The number of ether oxygens (including phenoxy) is 2. The molecular formula is C24H27N3O4S. The summed E-state index contributed by atoms with van der Waals surface area (Å²) in [6.07, 6.45) is 11.6. The second-order valence-electron chi connectivity index (χ2n) is 8.06. The van der Waals surface area contributed by atoms with Gasteiger partial charge >= 0.3 is 0 Å². The zero-order chi connectivity index (χ0) is 22.7. The SMILES string of the molecule is C#Cc1nc(C(=O)N(c2cc(OC)cc(OC)c2)C2CCN(C3CCCCC3)C2=O)cs1. The summed E-state index contributed by atoms with van der Waals surface area (Å²) in [7, 11) is 3.10. The number of methoxy groups -OCH3 is 2. The van der Waals surface area contributed by atoms with E-state index in [1.54, 1.807) is 37.8 Å². The summed E-state index contributed by atoms with van der Waals surface area (Å²) in [6, 6.07) is 4.86. The van der Waals surface area contributed by atoms with E-state index in [2.05, 4.69) is 10.9 Å². The van der Waals surface area contributed by atoms with Crippen molar-refractivity contribution in [2.75, 3.05) is 25.7 Å². The van der Waals surface area contributed by atoms with E-state index in [0.29, 0.717) is 35.2 Å². The molecule has 1 saturated heterocycles. The summed E-state index contributed by atoms with van der Waals surface area (Å²) in [5.74, 6) is 3.17. The third-order valence-electron chi connectivity index (χ3n) is 6.22. The highest BCUT2D eigenvalue weighted by atomic mass is 32.1. The highest BCUT2D eigenvalue weighted by Crippen LogP contribution is 2.35. The van der Waals surface area contributed by atoms with Crippen LogP contribution in [0.25, 0.3) is 0 Å². The normalized spacial score (nSPS) is 19.0. The number of carbonyl (C=O) groups excluding carboxylic acids is 2. The maximum atomic E-state index is 13.6. The number of likely N-dealkylation sites (tertiary alicyclic amines) is 1. The third kappa shape index (κ3) is 4.30. The number of terminal acetylenes is 1.